The average molecular weight is 183 g/mol. The van der Waals surface area contributed by atoms with E-state index in [-0.39, 0.29) is 0 Å². The van der Waals surface area contributed by atoms with Gasteiger partial charge in [-0.15, -0.1) is 11.8 Å². The maximum atomic E-state index is 4.28. The van der Waals surface area contributed by atoms with E-state index in [1.807, 2.05) is 20.0 Å². The highest BCUT2D eigenvalue weighted by Gasteiger charge is 1.99. The minimum atomic E-state index is 0.700. The van der Waals surface area contributed by atoms with Crippen LogP contribution in [0.4, 0.5) is 5.95 Å². The normalized spacial score (nSPS) is 9.92. The van der Waals surface area contributed by atoms with E-state index >= 15 is 0 Å². The molecule has 0 radical (unpaired) electrons. The van der Waals surface area contributed by atoms with Gasteiger partial charge in [-0.2, -0.15) is 0 Å². The molecule has 3 nitrogen and oxygen atoms in total. The molecule has 0 aliphatic heterocycles. The second-order valence-electron chi connectivity index (χ2n) is 2.35. The van der Waals surface area contributed by atoms with Gasteiger partial charge in [0.25, 0.3) is 0 Å². The number of nitrogens with zero attached hydrogens (tertiary/aromatic N) is 2. The van der Waals surface area contributed by atoms with Gasteiger partial charge in [-0.3, -0.25) is 0 Å². The van der Waals surface area contributed by atoms with Crippen molar-refractivity contribution in [2.45, 2.75) is 18.9 Å². The summed E-state index contributed by atoms with van der Waals surface area (Å²) in [7, 11) is 1.83. The molecule has 0 aliphatic rings. The first kappa shape index (κ1) is 9.32. The number of anilines is 1. The predicted molar refractivity (Wildman–Crippen MR) is 52.7 cm³/mol. The van der Waals surface area contributed by atoms with Crippen molar-refractivity contribution >= 4 is 17.7 Å². The molecule has 1 aromatic rings. The average Bonchev–Trinajstić information content (AvgIpc) is 2.04. The van der Waals surface area contributed by atoms with E-state index in [2.05, 4.69) is 22.2 Å². The second kappa shape index (κ2) is 4.30. The molecule has 1 rings (SSSR count). The highest BCUT2D eigenvalue weighted by molar-refractivity contribution is 7.99. The first-order valence-electron chi connectivity index (χ1n) is 3.92. The fraction of sp³-hybridized carbons (Fsp3) is 0.500. The van der Waals surface area contributed by atoms with Crippen molar-refractivity contribution in [3.05, 3.63) is 11.8 Å². The van der Waals surface area contributed by atoms with Crippen LogP contribution in [0.3, 0.4) is 0 Å². The molecule has 1 heterocycles. The lowest BCUT2D eigenvalue weighted by Crippen LogP contribution is -1.98. The largest absolute Gasteiger partial charge is 0.357 e. The fourth-order valence-electron chi connectivity index (χ4n) is 0.873. The lowest BCUT2D eigenvalue weighted by Gasteiger charge is -2.02. The van der Waals surface area contributed by atoms with Crippen LogP contribution in [0.25, 0.3) is 0 Å². The molecule has 0 saturated carbocycles. The Hall–Kier alpha value is -0.770. The van der Waals surface area contributed by atoms with Gasteiger partial charge in [0.15, 0.2) is 0 Å². The third kappa shape index (κ3) is 2.37. The fourth-order valence-corrected chi connectivity index (χ4v) is 1.57. The zero-order valence-electron chi connectivity index (χ0n) is 7.59. The van der Waals surface area contributed by atoms with Gasteiger partial charge < -0.3 is 5.32 Å². The van der Waals surface area contributed by atoms with Crippen LogP contribution in [0.1, 0.15) is 12.6 Å². The van der Waals surface area contributed by atoms with Gasteiger partial charge in [-0.1, -0.05) is 6.92 Å². The van der Waals surface area contributed by atoms with Crippen LogP contribution in [0.2, 0.25) is 0 Å². The number of hydrogen-bond acceptors (Lipinski definition) is 4. The van der Waals surface area contributed by atoms with Crippen molar-refractivity contribution in [1.82, 2.24) is 9.97 Å². The number of thioether (sulfide) groups is 1. The topological polar surface area (TPSA) is 37.8 Å². The molecule has 0 aromatic carbocycles. The maximum Gasteiger partial charge on any atom is 0.223 e. The molecule has 0 aliphatic carbocycles. The minimum Gasteiger partial charge on any atom is -0.357 e. The summed E-state index contributed by atoms with van der Waals surface area (Å²) in [5.41, 5.74) is 1.00. The molecular weight excluding hydrogens is 170 g/mol. The molecule has 0 unspecified atom stereocenters. The monoisotopic (exact) mass is 183 g/mol. The first-order chi connectivity index (χ1) is 5.76. The lowest BCUT2D eigenvalue weighted by atomic mass is 10.5. The Kier molecular flexibility index (Phi) is 3.34. The summed E-state index contributed by atoms with van der Waals surface area (Å²) in [6.07, 6.45) is 0. The molecule has 0 amide bonds. The van der Waals surface area contributed by atoms with E-state index in [1.54, 1.807) is 11.8 Å². The van der Waals surface area contributed by atoms with Crippen molar-refractivity contribution in [2.75, 3.05) is 18.1 Å². The summed E-state index contributed by atoms with van der Waals surface area (Å²) in [5.74, 6) is 1.74. The molecule has 4 heteroatoms. The number of aromatic nitrogens is 2. The Balaban J connectivity index is 2.90. The van der Waals surface area contributed by atoms with Crippen molar-refractivity contribution in [2.24, 2.45) is 0 Å². The van der Waals surface area contributed by atoms with Crippen LogP contribution in [-0.4, -0.2) is 22.8 Å². The van der Waals surface area contributed by atoms with Gasteiger partial charge in [0.2, 0.25) is 5.95 Å². The Bertz CT molecular complexity index is 262. The van der Waals surface area contributed by atoms with E-state index in [0.717, 1.165) is 16.5 Å². The van der Waals surface area contributed by atoms with Crippen molar-refractivity contribution in [3.8, 4) is 0 Å². The van der Waals surface area contributed by atoms with E-state index in [4.69, 9.17) is 0 Å². The lowest BCUT2D eigenvalue weighted by molar-refractivity contribution is 1.01. The van der Waals surface area contributed by atoms with E-state index in [9.17, 15) is 0 Å². The first-order valence-corrected chi connectivity index (χ1v) is 4.91. The minimum absolute atomic E-state index is 0.700. The number of nitrogens with one attached hydrogen (secondary N) is 1. The van der Waals surface area contributed by atoms with Crippen LogP contribution >= 0.6 is 11.8 Å². The van der Waals surface area contributed by atoms with Crippen LogP contribution in [-0.2, 0) is 0 Å². The third-order valence-corrected chi connectivity index (χ3v) is 2.14. The zero-order valence-corrected chi connectivity index (χ0v) is 8.40. The quantitative estimate of drug-likeness (QED) is 0.574. The Morgan fingerprint density at radius 2 is 2.25 bits per heavy atom. The Morgan fingerprint density at radius 3 is 2.83 bits per heavy atom. The van der Waals surface area contributed by atoms with Gasteiger partial charge in [0.1, 0.15) is 5.03 Å². The van der Waals surface area contributed by atoms with Gasteiger partial charge in [-0.05, 0) is 18.7 Å². The number of aryl methyl sites for hydroxylation is 1. The number of hydrogen-bond donors (Lipinski definition) is 1. The standard InChI is InChI=1S/C8H13N3S/c1-4-12-7-5-6(2)10-8(9-3)11-7/h5H,4H2,1-3H3,(H,9,10,11). The van der Waals surface area contributed by atoms with Crippen LogP contribution < -0.4 is 5.32 Å². The Labute approximate surface area is 77.0 Å². The van der Waals surface area contributed by atoms with E-state index in [1.165, 1.54) is 0 Å². The summed E-state index contributed by atoms with van der Waals surface area (Å²) < 4.78 is 0. The molecular formula is C8H13N3S. The molecule has 0 bridgehead atoms. The van der Waals surface area contributed by atoms with Crippen LogP contribution in [0.15, 0.2) is 11.1 Å². The summed E-state index contributed by atoms with van der Waals surface area (Å²) in [6, 6.07) is 2.00. The van der Waals surface area contributed by atoms with Gasteiger partial charge in [-0.25, -0.2) is 9.97 Å². The van der Waals surface area contributed by atoms with Crippen LogP contribution in [0.5, 0.6) is 0 Å². The summed E-state index contributed by atoms with van der Waals surface area (Å²) in [4.78, 5) is 8.48. The molecule has 0 saturated heterocycles. The highest BCUT2D eigenvalue weighted by Crippen LogP contribution is 2.16. The van der Waals surface area contributed by atoms with Crippen molar-refractivity contribution in [3.63, 3.8) is 0 Å². The zero-order chi connectivity index (χ0) is 8.97. The molecule has 0 atom stereocenters. The SMILES string of the molecule is CCSc1cc(C)nc(NC)n1. The van der Waals surface area contributed by atoms with E-state index in [0.29, 0.717) is 5.95 Å². The second-order valence-corrected chi connectivity index (χ2v) is 3.64. The van der Waals surface area contributed by atoms with Crippen molar-refractivity contribution < 1.29 is 0 Å². The summed E-state index contributed by atoms with van der Waals surface area (Å²) in [6.45, 7) is 4.09. The van der Waals surface area contributed by atoms with Crippen molar-refractivity contribution in [1.29, 1.82) is 0 Å². The molecule has 1 N–H and O–H groups in total. The number of rotatable bonds is 3. The molecule has 66 valence electrons. The smallest absolute Gasteiger partial charge is 0.223 e. The molecule has 1 aromatic heterocycles. The highest BCUT2D eigenvalue weighted by atomic mass is 32.2. The summed E-state index contributed by atoms with van der Waals surface area (Å²) in [5, 5.41) is 3.97. The summed E-state index contributed by atoms with van der Waals surface area (Å²) >= 11 is 1.73. The van der Waals surface area contributed by atoms with Gasteiger partial charge in [0.05, 0.1) is 0 Å². The molecule has 0 fully saturated rings. The van der Waals surface area contributed by atoms with Gasteiger partial charge >= 0.3 is 0 Å². The van der Waals surface area contributed by atoms with Gasteiger partial charge in [0, 0.05) is 12.7 Å². The Morgan fingerprint density at radius 1 is 1.50 bits per heavy atom. The third-order valence-electron chi connectivity index (χ3n) is 1.35. The predicted octanol–water partition coefficient (Wildman–Crippen LogP) is 1.94. The molecule has 0 spiro atoms. The molecule has 12 heavy (non-hydrogen) atoms. The maximum absolute atomic E-state index is 4.28. The van der Waals surface area contributed by atoms with Crippen LogP contribution in [0, 0.1) is 6.92 Å². The van der Waals surface area contributed by atoms with E-state index < -0.39 is 0 Å².